The van der Waals surface area contributed by atoms with Crippen LogP contribution in [-0.2, 0) is 12.7 Å². The lowest BCUT2D eigenvalue weighted by molar-refractivity contribution is -0.141. The van der Waals surface area contributed by atoms with Crippen molar-refractivity contribution in [2.75, 3.05) is 6.54 Å². The normalized spacial score (nSPS) is 14.2. The van der Waals surface area contributed by atoms with Gasteiger partial charge in [0, 0.05) is 12.2 Å². The van der Waals surface area contributed by atoms with Crippen molar-refractivity contribution in [3.63, 3.8) is 0 Å². The van der Waals surface area contributed by atoms with E-state index in [2.05, 4.69) is 17.3 Å². The van der Waals surface area contributed by atoms with Gasteiger partial charge < -0.3 is 5.32 Å². The van der Waals surface area contributed by atoms with E-state index in [1.165, 1.54) is 10.9 Å². The van der Waals surface area contributed by atoms with Crippen molar-refractivity contribution in [1.82, 2.24) is 15.1 Å². The molecule has 0 amide bonds. The molecule has 0 bridgehead atoms. The fraction of sp³-hybridized carbons (Fsp3) is 0.750. The third-order valence-electron chi connectivity index (χ3n) is 2.78. The molecule has 18 heavy (non-hydrogen) atoms. The SMILES string of the molecule is CCCNC(Cn1ccc(C(F)(F)F)n1)C(C)C. The van der Waals surface area contributed by atoms with Gasteiger partial charge >= 0.3 is 6.18 Å². The number of hydrogen-bond donors (Lipinski definition) is 1. The van der Waals surface area contributed by atoms with E-state index in [1.54, 1.807) is 0 Å². The van der Waals surface area contributed by atoms with Crippen molar-refractivity contribution < 1.29 is 13.2 Å². The Kier molecular flexibility index (Phi) is 5.19. The van der Waals surface area contributed by atoms with Crippen LogP contribution in [-0.4, -0.2) is 22.4 Å². The zero-order chi connectivity index (χ0) is 13.8. The maximum Gasteiger partial charge on any atom is 0.435 e. The van der Waals surface area contributed by atoms with Crippen molar-refractivity contribution in [2.45, 2.75) is 46.0 Å². The molecule has 0 saturated heterocycles. The quantitative estimate of drug-likeness (QED) is 0.855. The summed E-state index contributed by atoms with van der Waals surface area (Å²) in [6.45, 7) is 7.45. The van der Waals surface area contributed by atoms with E-state index >= 15 is 0 Å². The Morgan fingerprint density at radius 1 is 1.39 bits per heavy atom. The Bertz CT molecular complexity index is 358. The number of alkyl halides is 3. The Morgan fingerprint density at radius 2 is 2.06 bits per heavy atom. The first-order valence-corrected chi connectivity index (χ1v) is 6.18. The second-order valence-corrected chi connectivity index (χ2v) is 4.73. The summed E-state index contributed by atoms with van der Waals surface area (Å²) in [7, 11) is 0. The fourth-order valence-electron chi connectivity index (χ4n) is 1.66. The lowest BCUT2D eigenvalue weighted by Gasteiger charge is -2.22. The van der Waals surface area contributed by atoms with Crippen LogP contribution in [0.1, 0.15) is 32.9 Å². The molecule has 1 heterocycles. The maximum atomic E-state index is 12.4. The largest absolute Gasteiger partial charge is 0.435 e. The first kappa shape index (κ1) is 15.0. The van der Waals surface area contributed by atoms with E-state index in [4.69, 9.17) is 0 Å². The lowest BCUT2D eigenvalue weighted by atomic mass is 10.0. The fourth-order valence-corrected chi connectivity index (χ4v) is 1.66. The van der Waals surface area contributed by atoms with E-state index < -0.39 is 11.9 Å². The molecule has 1 rings (SSSR count). The molecule has 0 fully saturated rings. The highest BCUT2D eigenvalue weighted by atomic mass is 19.4. The number of hydrogen-bond acceptors (Lipinski definition) is 2. The summed E-state index contributed by atoms with van der Waals surface area (Å²) < 4.78 is 38.6. The van der Waals surface area contributed by atoms with Crippen LogP contribution < -0.4 is 5.32 Å². The van der Waals surface area contributed by atoms with E-state index in [0.717, 1.165) is 19.0 Å². The summed E-state index contributed by atoms with van der Waals surface area (Å²) in [5.74, 6) is 0.343. The molecule has 0 aliphatic heterocycles. The number of rotatable bonds is 6. The van der Waals surface area contributed by atoms with Gasteiger partial charge in [0.15, 0.2) is 5.69 Å². The molecule has 0 aliphatic rings. The highest BCUT2D eigenvalue weighted by Crippen LogP contribution is 2.27. The zero-order valence-corrected chi connectivity index (χ0v) is 11.0. The Balaban J connectivity index is 2.66. The Hall–Kier alpha value is -1.04. The number of halogens is 3. The minimum Gasteiger partial charge on any atom is -0.312 e. The number of nitrogens with one attached hydrogen (secondary N) is 1. The van der Waals surface area contributed by atoms with Gasteiger partial charge in [0.1, 0.15) is 0 Å². The molecular weight excluding hydrogens is 243 g/mol. The van der Waals surface area contributed by atoms with Crippen molar-refractivity contribution in [2.24, 2.45) is 5.92 Å². The average Bonchev–Trinajstić information content (AvgIpc) is 2.71. The van der Waals surface area contributed by atoms with Crippen LogP contribution in [0.15, 0.2) is 12.3 Å². The second-order valence-electron chi connectivity index (χ2n) is 4.73. The van der Waals surface area contributed by atoms with Crippen molar-refractivity contribution in [3.8, 4) is 0 Å². The van der Waals surface area contributed by atoms with Gasteiger partial charge in [-0.05, 0) is 24.9 Å². The molecule has 1 aromatic heterocycles. The van der Waals surface area contributed by atoms with Crippen molar-refractivity contribution in [1.29, 1.82) is 0 Å². The van der Waals surface area contributed by atoms with Gasteiger partial charge in [-0.2, -0.15) is 18.3 Å². The lowest BCUT2D eigenvalue weighted by Crippen LogP contribution is -2.38. The first-order chi connectivity index (χ1) is 8.34. The molecule has 3 nitrogen and oxygen atoms in total. The first-order valence-electron chi connectivity index (χ1n) is 6.18. The molecule has 0 aliphatic carbocycles. The highest BCUT2D eigenvalue weighted by molar-refractivity contribution is 5.03. The van der Waals surface area contributed by atoms with Gasteiger partial charge in [0.2, 0.25) is 0 Å². The van der Waals surface area contributed by atoms with Gasteiger partial charge in [-0.15, -0.1) is 0 Å². The predicted molar refractivity (Wildman–Crippen MR) is 64.1 cm³/mol. The van der Waals surface area contributed by atoms with E-state index in [9.17, 15) is 13.2 Å². The molecule has 1 atom stereocenters. The van der Waals surface area contributed by atoms with E-state index in [0.29, 0.717) is 12.5 Å². The summed E-state index contributed by atoms with van der Waals surface area (Å²) in [5.41, 5.74) is -0.833. The van der Waals surface area contributed by atoms with Crippen LogP contribution in [0.2, 0.25) is 0 Å². The smallest absolute Gasteiger partial charge is 0.312 e. The molecular formula is C12H20F3N3. The number of nitrogens with zero attached hydrogens (tertiary/aromatic N) is 2. The van der Waals surface area contributed by atoms with Crippen LogP contribution in [0.5, 0.6) is 0 Å². The zero-order valence-electron chi connectivity index (χ0n) is 11.0. The minimum atomic E-state index is -4.37. The van der Waals surface area contributed by atoms with Crippen molar-refractivity contribution in [3.05, 3.63) is 18.0 Å². The van der Waals surface area contributed by atoms with Gasteiger partial charge in [-0.1, -0.05) is 20.8 Å². The van der Waals surface area contributed by atoms with Gasteiger partial charge in [-0.3, -0.25) is 4.68 Å². The maximum absolute atomic E-state index is 12.4. The summed E-state index contributed by atoms with van der Waals surface area (Å²) in [6, 6.07) is 1.14. The predicted octanol–water partition coefficient (Wildman–Crippen LogP) is 2.93. The molecule has 0 radical (unpaired) electrons. The van der Waals surface area contributed by atoms with Crippen LogP contribution in [0, 0.1) is 5.92 Å². The third-order valence-corrected chi connectivity index (χ3v) is 2.78. The van der Waals surface area contributed by atoms with Gasteiger partial charge in [0.25, 0.3) is 0 Å². The van der Waals surface area contributed by atoms with Crippen molar-refractivity contribution >= 4 is 0 Å². The highest BCUT2D eigenvalue weighted by Gasteiger charge is 2.33. The molecule has 0 saturated carbocycles. The van der Waals surface area contributed by atoms with Gasteiger partial charge in [0.05, 0.1) is 6.54 Å². The molecule has 1 N–H and O–H groups in total. The third kappa shape index (κ3) is 4.33. The molecule has 1 unspecified atom stereocenters. The standard InChI is InChI=1S/C12H20F3N3/c1-4-6-16-10(9(2)3)8-18-7-5-11(17-18)12(13,14)15/h5,7,9-10,16H,4,6,8H2,1-3H3. The average molecular weight is 263 g/mol. The summed E-state index contributed by atoms with van der Waals surface area (Å²) in [6.07, 6.45) is -1.99. The summed E-state index contributed by atoms with van der Waals surface area (Å²) in [4.78, 5) is 0. The topological polar surface area (TPSA) is 29.9 Å². The Morgan fingerprint density at radius 3 is 2.50 bits per heavy atom. The molecule has 6 heteroatoms. The molecule has 104 valence electrons. The Labute approximate surface area is 105 Å². The van der Waals surface area contributed by atoms with E-state index in [-0.39, 0.29) is 6.04 Å². The second kappa shape index (κ2) is 6.22. The minimum absolute atomic E-state index is 0.130. The van der Waals surface area contributed by atoms with E-state index in [1.807, 2.05) is 13.8 Å². The van der Waals surface area contributed by atoms with Gasteiger partial charge in [-0.25, -0.2) is 0 Å². The summed E-state index contributed by atoms with van der Waals surface area (Å²) in [5, 5.41) is 6.89. The molecule has 0 spiro atoms. The van der Waals surface area contributed by atoms with Crippen LogP contribution in [0.3, 0.4) is 0 Å². The number of aromatic nitrogens is 2. The van der Waals surface area contributed by atoms with Crippen LogP contribution in [0.25, 0.3) is 0 Å². The monoisotopic (exact) mass is 263 g/mol. The molecule has 0 aromatic carbocycles. The molecule has 1 aromatic rings. The summed E-state index contributed by atoms with van der Waals surface area (Å²) >= 11 is 0. The van der Waals surface area contributed by atoms with Crippen LogP contribution >= 0.6 is 0 Å². The van der Waals surface area contributed by atoms with Crippen LogP contribution in [0.4, 0.5) is 13.2 Å².